The van der Waals surface area contributed by atoms with Crippen LogP contribution in [0.25, 0.3) is 11.1 Å². The van der Waals surface area contributed by atoms with Gasteiger partial charge in [-0.05, 0) is 16.7 Å². The van der Waals surface area contributed by atoms with E-state index >= 15 is 0 Å². The minimum atomic E-state index is -1.90. The number of carbonyl (C=O) groups excluding carboxylic acids is 2. The molecule has 0 saturated carbocycles. The molecule has 0 unspecified atom stereocenters. The number of benzene rings is 2. The van der Waals surface area contributed by atoms with Gasteiger partial charge in [0.15, 0.2) is 0 Å². The Hall–Kier alpha value is -3.48. The first-order chi connectivity index (χ1) is 21.7. The molecule has 1 heterocycles. The van der Waals surface area contributed by atoms with Crippen LogP contribution >= 0.6 is 11.8 Å². The average Bonchev–Trinajstić information content (AvgIpc) is 3.03. The number of amides is 2. The Balaban J connectivity index is 1.57. The van der Waals surface area contributed by atoms with Crippen LogP contribution in [0.5, 0.6) is 0 Å². The van der Waals surface area contributed by atoms with Gasteiger partial charge in [0.05, 0.1) is 50.6 Å². The van der Waals surface area contributed by atoms with E-state index in [0.29, 0.717) is 0 Å². The van der Waals surface area contributed by atoms with Gasteiger partial charge < -0.3 is 45.3 Å². The SMILES string of the molecule is C#CCOCCOCCS[C@@]1(C(=O)O)C[C@H](O)[C@@H](NC(=O)CO)[C@H](C[C@H](O)CNC(=O)Cc2ccc(-c3ccccc3)cc2)O1. The van der Waals surface area contributed by atoms with Gasteiger partial charge in [-0.15, -0.1) is 18.2 Å². The van der Waals surface area contributed by atoms with Crippen molar-refractivity contribution in [3.8, 4) is 23.5 Å². The van der Waals surface area contributed by atoms with E-state index in [1.54, 1.807) is 0 Å². The summed E-state index contributed by atoms with van der Waals surface area (Å²) in [5.74, 6) is 0.0449. The number of nitrogens with one attached hydrogen (secondary N) is 2. The van der Waals surface area contributed by atoms with Gasteiger partial charge in [0.2, 0.25) is 16.7 Å². The van der Waals surface area contributed by atoms with Crippen molar-refractivity contribution in [1.82, 2.24) is 10.6 Å². The van der Waals surface area contributed by atoms with Gasteiger partial charge in [-0.3, -0.25) is 9.59 Å². The molecule has 1 fully saturated rings. The van der Waals surface area contributed by atoms with Gasteiger partial charge in [0.25, 0.3) is 0 Å². The topological polar surface area (TPSA) is 184 Å². The molecule has 2 amide bonds. The third-order valence-corrected chi connectivity index (χ3v) is 8.29. The number of ether oxygens (including phenoxy) is 3. The van der Waals surface area contributed by atoms with Gasteiger partial charge in [0.1, 0.15) is 13.2 Å². The van der Waals surface area contributed by atoms with Crippen LogP contribution in [-0.4, -0.2) is 113 Å². The van der Waals surface area contributed by atoms with Gasteiger partial charge in [-0.2, -0.15) is 0 Å². The number of aliphatic carboxylic acids is 1. The number of hydrogen-bond donors (Lipinski definition) is 6. The van der Waals surface area contributed by atoms with E-state index in [9.17, 15) is 34.8 Å². The second-order valence-corrected chi connectivity index (χ2v) is 11.7. The lowest BCUT2D eigenvalue weighted by atomic mass is 9.91. The molecule has 0 spiro atoms. The summed E-state index contributed by atoms with van der Waals surface area (Å²) in [6.45, 7) is -0.197. The van der Waals surface area contributed by atoms with Gasteiger partial charge in [-0.25, -0.2) is 4.79 Å². The van der Waals surface area contributed by atoms with Crippen molar-refractivity contribution in [2.24, 2.45) is 0 Å². The maximum absolute atomic E-state index is 12.6. The number of carboxylic acids is 1. The summed E-state index contributed by atoms with van der Waals surface area (Å²) in [5.41, 5.74) is 2.85. The van der Waals surface area contributed by atoms with E-state index < -0.39 is 47.8 Å². The molecule has 1 aliphatic rings. The van der Waals surface area contributed by atoms with Crippen molar-refractivity contribution in [2.45, 2.75) is 48.5 Å². The smallest absolute Gasteiger partial charge is 0.346 e. The number of thioether (sulfide) groups is 1. The number of aliphatic hydroxyl groups excluding tert-OH is 3. The molecule has 3 rings (SSSR count). The van der Waals surface area contributed by atoms with E-state index in [-0.39, 0.29) is 63.9 Å². The van der Waals surface area contributed by atoms with Gasteiger partial charge in [0, 0.05) is 25.1 Å². The van der Waals surface area contributed by atoms with Gasteiger partial charge in [-0.1, -0.05) is 60.5 Å². The third kappa shape index (κ3) is 11.4. The highest BCUT2D eigenvalue weighted by Crippen LogP contribution is 2.40. The van der Waals surface area contributed by atoms with Crippen molar-refractivity contribution in [3.63, 3.8) is 0 Å². The summed E-state index contributed by atoms with van der Waals surface area (Å²) >= 11 is 0.908. The van der Waals surface area contributed by atoms with Crippen LogP contribution in [0.2, 0.25) is 0 Å². The highest BCUT2D eigenvalue weighted by Gasteiger charge is 2.52. The number of terminal acetylenes is 1. The van der Waals surface area contributed by atoms with E-state index in [0.717, 1.165) is 28.5 Å². The average molecular weight is 645 g/mol. The van der Waals surface area contributed by atoms with Crippen LogP contribution < -0.4 is 10.6 Å². The van der Waals surface area contributed by atoms with Crippen molar-refractivity contribution in [2.75, 3.05) is 45.3 Å². The Labute approximate surface area is 266 Å². The third-order valence-electron chi connectivity index (χ3n) is 7.02. The Morgan fingerprint density at radius 1 is 1.04 bits per heavy atom. The number of aliphatic hydroxyl groups is 3. The lowest BCUT2D eigenvalue weighted by Crippen LogP contribution is -2.63. The highest BCUT2D eigenvalue weighted by atomic mass is 32.2. The van der Waals surface area contributed by atoms with Crippen molar-refractivity contribution in [3.05, 3.63) is 60.2 Å². The van der Waals surface area contributed by atoms with Crippen LogP contribution in [0, 0.1) is 12.3 Å². The standard InChI is InChI=1S/C32H40N2O10S/c1-2-12-42-13-14-43-15-16-45-32(31(40)41)19-26(37)30(34-29(39)21-35)27(44-32)18-25(36)20-33-28(38)17-22-8-10-24(11-9-22)23-6-4-3-5-7-23/h1,3-11,25-27,30,35-37H,12-21H2,(H,33,38)(H,34,39)(H,40,41)/t25-,26-,27-,30+,32+/m0/s1. The van der Waals surface area contributed by atoms with Crippen molar-refractivity contribution >= 4 is 29.5 Å². The maximum atomic E-state index is 12.6. The molecule has 0 radical (unpaired) electrons. The Bertz CT molecular complexity index is 1270. The molecule has 2 aromatic rings. The van der Waals surface area contributed by atoms with Crippen molar-refractivity contribution in [1.29, 1.82) is 0 Å². The zero-order valence-electron chi connectivity index (χ0n) is 24.8. The molecule has 1 aliphatic heterocycles. The monoisotopic (exact) mass is 644 g/mol. The van der Waals surface area contributed by atoms with Crippen LogP contribution in [-0.2, 0) is 35.0 Å². The molecular weight excluding hydrogens is 604 g/mol. The lowest BCUT2D eigenvalue weighted by Gasteiger charge is -2.45. The molecule has 1 saturated heterocycles. The summed E-state index contributed by atoms with van der Waals surface area (Å²) < 4.78 is 16.5. The number of hydrogen-bond acceptors (Lipinski definition) is 10. The van der Waals surface area contributed by atoms with Crippen molar-refractivity contribution < 1.29 is 49.0 Å². The maximum Gasteiger partial charge on any atom is 0.346 e. The fourth-order valence-electron chi connectivity index (χ4n) is 4.82. The highest BCUT2D eigenvalue weighted by molar-refractivity contribution is 8.01. The molecule has 5 atom stereocenters. The fraction of sp³-hybridized carbons (Fsp3) is 0.469. The number of carbonyl (C=O) groups is 3. The van der Waals surface area contributed by atoms with Crippen LogP contribution in [0.15, 0.2) is 54.6 Å². The molecule has 0 bridgehead atoms. The molecular formula is C32H40N2O10S. The molecule has 0 aromatic heterocycles. The minimum Gasteiger partial charge on any atom is -0.478 e. The summed E-state index contributed by atoms with van der Waals surface area (Å²) in [6.07, 6.45) is 0.846. The summed E-state index contributed by atoms with van der Waals surface area (Å²) in [6, 6.07) is 16.3. The normalized spacial score (nSPS) is 21.8. The number of rotatable bonds is 18. The van der Waals surface area contributed by atoms with E-state index in [1.807, 2.05) is 54.6 Å². The second kappa shape index (κ2) is 18.5. The van der Waals surface area contributed by atoms with Gasteiger partial charge >= 0.3 is 5.97 Å². The Morgan fingerprint density at radius 2 is 1.73 bits per heavy atom. The lowest BCUT2D eigenvalue weighted by molar-refractivity contribution is -0.183. The molecule has 45 heavy (non-hydrogen) atoms. The van der Waals surface area contributed by atoms with Crippen LogP contribution in [0.4, 0.5) is 0 Å². The van der Waals surface area contributed by atoms with Crippen LogP contribution in [0.3, 0.4) is 0 Å². The molecule has 12 nitrogen and oxygen atoms in total. The molecule has 2 aromatic carbocycles. The predicted octanol–water partition coefficient (Wildman–Crippen LogP) is 0.571. The first-order valence-corrected chi connectivity index (χ1v) is 15.5. The molecule has 13 heteroatoms. The second-order valence-electron chi connectivity index (χ2n) is 10.4. The Kier molecular flexibility index (Phi) is 14.8. The minimum absolute atomic E-state index is 0.0759. The van der Waals surface area contributed by atoms with E-state index in [2.05, 4.69) is 16.6 Å². The zero-order chi connectivity index (χ0) is 32.7. The quantitative estimate of drug-likeness (QED) is 0.0985. The van der Waals surface area contributed by atoms with E-state index in [1.165, 1.54) is 0 Å². The predicted molar refractivity (Wildman–Crippen MR) is 167 cm³/mol. The van der Waals surface area contributed by atoms with Crippen LogP contribution in [0.1, 0.15) is 18.4 Å². The zero-order valence-corrected chi connectivity index (χ0v) is 25.6. The summed E-state index contributed by atoms with van der Waals surface area (Å²) in [7, 11) is 0. The summed E-state index contributed by atoms with van der Waals surface area (Å²) in [4.78, 5) is 35.1. The molecule has 0 aliphatic carbocycles. The first kappa shape index (κ1) is 36.0. The summed E-state index contributed by atoms with van der Waals surface area (Å²) in [5, 5.41) is 46.1. The fourth-order valence-corrected chi connectivity index (χ4v) is 5.95. The Morgan fingerprint density at radius 3 is 2.40 bits per heavy atom. The first-order valence-electron chi connectivity index (χ1n) is 14.5. The molecule has 6 N–H and O–H groups in total. The van der Waals surface area contributed by atoms with E-state index in [4.69, 9.17) is 20.6 Å². The molecule has 244 valence electrons. The number of carboxylic acid groups (broad SMARTS) is 1. The largest absolute Gasteiger partial charge is 0.478 e.